The molecule has 1 aliphatic rings. The van der Waals surface area contributed by atoms with Gasteiger partial charge in [-0.25, -0.2) is 5.43 Å². The van der Waals surface area contributed by atoms with E-state index in [1.54, 1.807) is 31.2 Å². The summed E-state index contributed by atoms with van der Waals surface area (Å²) in [6, 6.07) is 11.8. The number of para-hydroxylation sites is 2. The van der Waals surface area contributed by atoms with Crippen molar-refractivity contribution in [2.75, 3.05) is 12.4 Å². The standard InChI is InChI=1S/C24H21Cl2N3O4/c1-13-21-18(28-29-23(30)15-11-10-14(25)12-16(15)26)7-5-9-20(21)33-22(13)24(31)27-17-6-3-4-8-19(17)32-2/h3-4,6,8,10-12H,5,7,9H2,1-2H3,(H,27,31)(H,29,30)/b28-18+. The molecule has 33 heavy (non-hydrogen) atoms. The fraction of sp³-hybridized carbons (Fsp3) is 0.208. The number of amides is 2. The zero-order valence-electron chi connectivity index (χ0n) is 18.0. The van der Waals surface area contributed by atoms with E-state index in [0.717, 1.165) is 12.0 Å². The van der Waals surface area contributed by atoms with E-state index in [0.29, 0.717) is 46.3 Å². The monoisotopic (exact) mass is 485 g/mol. The van der Waals surface area contributed by atoms with Crippen LogP contribution in [0, 0.1) is 6.92 Å². The van der Waals surface area contributed by atoms with E-state index >= 15 is 0 Å². The maximum atomic E-state index is 12.9. The number of fused-ring (bicyclic) bond motifs is 1. The fourth-order valence-corrected chi connectivity index (χ4v) is 4.27. The Morgan fingerprint density at radius 2 is 1.88 bits per heavy atom. The fourth-order valence-electron chi connectivity index (χ4n) is 3.78. The molecule has 2 N–H and O–H groups in total. The van der Waals surface area contributed by atoms with Crippen molar-refractivity contribution in [2.24, 2.45) is 5.10 Å². The largest absolute Gasteiger partial charge is 0.495 e. The third-order valence-electron chi connectivity index (χ3n) is 5.36. The predicted octanol–water partition coefficient (Wildman–Crippen LogP) is 5.63. The lowest BCUT2D eigenvalue weighted by atomic mass is 9.93. The molecule has 4 rings (SSSR count). The smallest absolute Gasteiger partial charge is 0.291 e. The molecular weight excluding hydrogens is 465 g/mol. The van der Waals surface area contributed by atoms with Crippen LogP contribution < -0.4 is 15.5 Å². The van der Waals surface area contributed by atoms with Crippen LogP contribution in [0.2, 0.25) is 10.0 Å². The molecule has 1 heterocycles. The number of carbonyl (C=O) groups excluding carboxylic acids is 2. The van der Waals surface area contributed by atoms with Gasteiger partial charge in [-0.2, -0.15) is 5.10 Å². The Balaban J connectivity index is 1.58. The van der Waals surface area contributed by atoms with Crippen LogP contribution in [0.3, 0.4) is 0 Å². The summed E-state index contributed by atoms with van der Waals surface area (Å²) in [6.45, 7) is 1.80. The lowest BCUT2D eigenvalue weighted by Gasteiger charge is -2.13. The van der Waals surface area contributed by atoms with Gasteiger partial charge in [-0.3, -0.25) is 9.59 Å². The Morgan fingerprint density at radius 3 is 2.64 bits per heavy atom. The highest BCUT2D eigenvalue weighted by Gasteiger charge is 2.28. The second-order valence-electron chi connectivity index (χ2n) is 7.49. The van der Waals surface area contributed by atoms with Gasteiger partial charge in [0.2, 0.25) is 0 Å². The minimum atomic E-state index is -0.452. The maximum absolute atomic E-state index is 12.9. The summed E-state index contributed by atoms with van der Waals surface area (Å²) in [5.74, 6) is 0.578. The minimum Gasteiger partial charge on any atom is -0.495 e. The van der Waals surface area contributed by atoms with E-state index in [1.165, 1.54) is 19.2 Å². The Morgan fingerprint density at radius 1 is 1.09 bits per heavy atom. The van der Waals surface area contributed by atoms with Crippen molar-refractivity contribution in [1.82, 2.24) is 5.43 Å². The quantitative estimate of drug-likeness (QED) is 0.458. The van der Waals surface area contributed by atoms with Gasteiger partial charge in [-0.05, 0) is 50.1 Å². The number of nitrogens with zero attached hydrogens (tertiary/aromatic N) is 1. The van der Waals surface area contributed by atoms with Crippen molar-refractivity contribution in [3.05, 3.63) is 80.7 Å². The summed E-state index contributed by atoms with van der Waals surface area (Å²) >= 11 is 12.0. The molecule has 9 heteroatoms. The van der Waals surface area contributed by atoms with E-state index in [1.807, 2.05) is 6.07 Å². The van der Waals surface area contributed by atoms with Gasteiger partial charge in [0, 0.05) is 22.6 Å². The Kier molecular flexibility index (Phi) is 6.72. The summed E-state index contributed by atoms with van der Waals surface area (Å²) in [4.78, 5) is 25.5. The second-order valence-corrected chi connectivity index (χ2v) is 8.33. The van der Waals surface area contributed by atoms with Crippen LogP contribution in [-0.2, 0) is 6.42 Å². The molecule has 2 aromatic carbocycles. The van der Waals surface area contributed by atoms with E-state index in [2.05, 4.69) is 15.8 Å². The van der Waals surface area contributed by atoms with Gasteiger partial charge in [-0.1, -0.05) is 35.3 Å². The summed E-state index contributed by atoms with van der Waals surface area (Å²) < 4.78 is 11.2. The number of methoxy groups -OCH3 is 1. The lowest BCUT2D eigenvalue weighted by molar-refractivity contribution is 0.0953. The van der Waals surface area contributed by atoms with Gasteiger partial charge in [0.15, 0.2) is 5.76 Å². The van der Waals surface area contributed by atoms with E-state index in [9.17, 15) is 9.59 Å². The number of rotatable bonds is 5. The van der Waals surface area contributed by atoms with Crippen molar-refractivity contribution < 1.29 is 18.7 Å². The molecule has 0 aliphatic heterocycles. The zero-order chi connectivity index (χ0) is 23.5. The minimum absolute atomic E-state index is 0.201. The number of hydrogen-bond donors (Lipinski definition) is 2. The second kappa shape index (κ2) is 9.68. The summed E-state index contributed by atoms with van der Waals surface area (Å²) in [6.07, 6.45) is 2.09. The number of furan rings is 1. The van der Waals surface area contributed by atoms with Crippen LogP contribution in [0.1, 0.15) is 50.6 Å². The highest BCUT2D eigenvalue weighted by Crippen LogP contribution is 2.31. The lowest BCUT2D eigenvalue weighted by Crippen LogP contribution is -2.22. The van der Waals surface area contributed by atoms with E-state index in [-0.39, 0.29) is 22.3 Å². The average molecular weight is 486 g/mol. The topological polar surface area (TPSA) is 92.9 Å². The van der Waals surface area contributed by atoms with Crippen LogP contribution in [-0.4, -0.2) is 24.6 Å². The predicted molar refractivity (Wildman–Crippen MR) is 128 cm³/mol. The Labute approximate surface area is 200 Å². The van der Waals surface area contributed by atoms with Crippen molar-refractivity contribution in [3.8, 4) is 5.75 Å². The van der Waals surface area contributed by atoms with Gasteiger partial charge in [-0.15, -0.1) is 0 Å². The highest BCUT2D eigenvalue weighted by atomic mass is 35.5. The number of ether oxygens (including phenoxy) is 1. The number of halogens is 2. The van der Waals surface area contributed by atoms with Crippen LogP contribution in [0.4, 0.5) is 5.69 Å². The molecule has 0 bridgehead atoms. The van der Waals surface area contributed by atoms with Gasteiger partial charge in [0.25, 0.3) is 11.8 Å². The van der Waals surface area contributed by atoms with Crippen molar-refractivity contribution in [1.29, 1.82) is 0 Å². The third-order valence-corrected chi connectivity index (χ3v) is 5.90. The summed E-state index contributed by atoms with van der Waals surface area (Å²) in [5, 5.41) is 7.83. The molecule has 0 saturated carbocycles. The molecule has 7 nitrogen and oxygen atoms in total. The maximum Gasteiger partial charge on any atom is 0.291 e. The molecule has 0 fully saturated rings. The first-order valence-electron chi connectivity index (χ1n) is 10.3. The molecule has 0 spiro atoms. The number of anilines is 1. The highest BCUT2D eigenvalue weighted by molar-refractivity contribution is 6.36. The molecule has 3 aromatic rings. The molecule has 2 amide bonds. The number of hydrogen-bond acceptors (Lipinski definition) is 5. The van der Waals surface area contributed by atoms with Crippen molar-refractivity contribution in [3.63, 3.8) is 0 Å². The van der Waals surface area contributed by atoms with Gasteiger partial charge >= 0.3 is 0 Å². The Hall–Kier alpha value is -3.29. The first-order valence-corrected chi connectivity index (χ1v) is 11.0. The average Bonchev–Trinajstić information content (AvgIpc) is 3.15. The van der Waals surface area contributed by atoms with E-state index < -0.39 is 5.91 Å². The van der Waals surface area contributed by atoms with Crippen LogP contribution >= 0.6 is 23.2 Å². The normalized spacial score (nSPS) is 14.0. The first kappa shape index (κ1) is 22.9. The first-order chi connectivity index (χ1) is 15.9. The number of carbonyl (C=O) groups is 2. The SMILES string of the molecule is COc1ccccc1NC(=O)c1oc2c(c1C)/C(=N/NC(=O)c1ccc(Cl)cc1Cl)CCC2. The molecule has 170 valence electrons. The van der Waals surface area contributed by atoms with Crippen LogP contribution in [0.25, 0.3) is 0 Å². The molecule has 1 aliphatic carbocycles. The number of aryl methyl sites for hydroxylation is 1. The molecule has 1 aromatic heterocycles. The number of hydrazone groups is 1. The molecule has 0 unspecified atom stereocenters. The molecule has 0 radical (unpaired) electrons. The van der Waals surface area contributed by atoms with Gasteiger partial charge < -0.3 is 14.5 Å². The molecule has 0 saturated heterocycles. The Bertz CT molecular complexity index is 1270. The van der Waals surface area contributed by atoms with Crippen LogP contribution in [0.5, 0.6) is 5.75 Å². The van der Waals surface area contributed by atoms with Crippen molar-refractivity contribution in [2.45, 2.75) is 26.2 Å². The van der Waals surface area contributed by atoms with E-state index in [4.69, 9.17) is 32.4 Å². The zero-order valence-corrected chi connectivity index (χ0v) is 19.5. The van der Waals surface area contributed by atoms with Gasteiger partial charge in [0.1, 0.15) is 11.5 Å². The number of nitrogens with one attached hydrogen (secondary N) is 2. The number of benzene rings is 2. The van der Waals surface area contributed by atoms with Crippen LogP contribution in [0.15, 0.2) is 52.0 Å². The van der Waals surface area contributed by atoms with Crippen molar-refractivity contribution >= 4 is 46.4 Å². The third kappa shape index (κ3) is 4.74. The van der Waals surface area contributed by atoms with Gasteiger partial charge in [0.05, 0.1) is 29.1 Å². The molecule has 0 atom stereocenters. The summed E-state index contributed by atoms with van der Waals surface area (Å²) in [5.41, 5.74) is 5.41. The molecular formula is C24H21Cl2N3O4. The summed E-state index contributed by atoms with van der Waals surface area (Å²) in [7, 11) is 1.54.